The van der Waals surface area contributed by atoms with E-state index in [2.05, 4.69) is 4.74 Å². The standard InChI is InChI=1S/C19H17F6NO/c20-18(21,22)9-11-26-10-3-7-16-15(6-2-8-17(16)26)13-4-1-5-14(12-13)27-19(23,24)25/h1-2,4-6,8,12H,3,7,9-11H2. The van der Waals surface area contributed by atoms with Crippen molar-refractivity contribution in [2.75, 3.05) is 18.0 Å². The Balaban J connectivity index is 1.91. The van der Waals surface area contributed by atoms with Crippen molar-refractivity contribution in [3.05, 3.63) is 48.0 Å². The first-order valence-corrected chi connectivity index (χ1v) is 8.42. The third-order valence-electron chi connectivity index (χ3n) is 4.39. The van der Waals surface area contributed by atoms with Gasteiger partial charge in [-0.05, 0) is 47.7 Å². The molecule has 0 saturated heterocycles. The van der Waals surface area contributed by atoms with Gasteiger partial charge in [-0.15, -0.1) is 13.2 Å². The molecule has 0 spiro atoms. The van der Waals surface area contributed by atoms with E-state index in [1.54, 1.807) is 29.2 Å². The van der Waals surface area contributed by atoms with Gasteiger partial charge in [0.05, 0.1) is 6.42 Å². The molecule has 0 fully saturated rings. The van der Waals surface area contributed by atoms with E-state index in [0.29, 0.717) is 36.2 Å². The summed E-state index contributed by atoms with van der Waals surface area (Å²) in [5, 5.41) is 0. The molecule has 1 aliphatic rings. The van der Waals surface area contributed by atoms with Crippen LogP contribution in [0.4, 0.5) is 32.0 Å². The first kappa shape index (κ1) is 19.4. The number of benzene rings is 2. The smallest absolute Gasteiger partial charge is 0.406 e. The summed E-state index contributed by atoms with van der Waals surface area (Å²) in [5.41, 5.74) is 2.78. The van der Waals surface area contributed by atoms with Crippen LogP contribution in [0.15, 0.2) is 42.5 Å². The maximum atomic E-state index is 12.6. The molecule has 8 heteroatoms. The summed E-state index contributed by atoms with van der Waals surface area (Å²) < 4.78 is 79.1. The highest BCUT2D eigenvalue weighted by molar-refractivity contribution is 5.76. The molecular formula is C19H17F6NO. The number of hydrogen-bond acceptors (Lipinski definition) is 2. The van der Waals surface area contributed by atoms with Crippen molar-refractivity contribution in [1.82, 2.24) is 0 Å². The summed E-state index contributed by atoms with van der Waals surface area (Å²) in [6.07, 6.45) is -8.60. The van der Waals surface area contributed by atoms with Crippen LogP contribution < -0.4 is 9.64 Å². The fourth-order valence-electron chi connectivity index (χ4n) is 3.33. The van der Waals surface area contributed by atoms with Crippen molar-refractivity contribution in [3.63, 3.8) is 0 Å². The SMILES string of the molecule is FC(F)(F)CCN1CCCc2c(-c3cccc(OC(F)(F)F)c3)cccc21. The van der Waals surface area contributed by atoms with Crippen LogP contribution in [0, 0.1) is 0 Å². The molecule has 1 heterocycles. The summed E-state index contributed by atoms with van der Waals surface area (Å²) in [7, 11) is 0. The molecule has 3 rings (SSSR count). The average molecular weight is 389 g/mol. The van der Waals surface area contributed by atoms with E-state index in [1.165, 1.54) is 18.2 Å². The Kier molecular flexibility index (Phi) is 5.26. The average Bonchev–Trinajstić information content (AvgIpc) is 2.57. The minimum absolute atomic E-state index is 0.142. The first-order valence-electron chi connectivity index (χ1n) is 8.42. The number of rotatable bonds is 4. The molecule has 0 N–H and O–H groups in total. The number of halogens is 6. The molecule has 0 aromatic heterocycles. The van der Waals surface area contributed by atoms with E-state index < -0.39 is 19.0 Å². The topological polar surface area (TPSA) is 12.5 Å². The molecule has 2 aromatic carbocycles. The van der Waals surface area contributed by atoms with Crippen molar-refractivity contribution < 1.29 is 31.1 Å². The summed E-state index contributed by atoms with van der Waals surface area (Å²) in [6.45, 7) is 0.376. The van der Waals surface area contributed by atoms with Crippen LogP contribution in [-0.2, 0) is 6.42 Å². The second-order valence-electron chi connectivity index (χ2n) is 6.33. The van der Waals surface area contributed by atoms with Gasteiger partial charge in [0, 0.05) is 18.8 Å². The van der Waals surface area contributed by atoms with Crippen molar-refractivity contribution >= 4 is 5.69 Å². The maximum Gasteiger partial charge on any atom is 0.573 e. The summed E-state index contributed by atoms with van der Waals surface area (Å²) >= 11 is 0. The van der Waals surface area contributed by atoms with E-state index in [4.69, 9.17) is 0 Å². The molecule has 1 aliphatic heterocycles. The van der Waals surface area contributed by atoms with Gasteiger partial charge in [-0.25, -0.2) is 0 Å². The maximum absolute atomic E-state index is 12.6. The van der Waals surface area contributed by atoms with Crippen LogP contribution in [-0.4, -0.2) is 25.6 Å². The zero-order chi connectivity index (χ0) is 19.7. The summed E-state index contributed by atoms with van der Waals surface area (Å²) in [4.78, 5) is 1.69. The lowest BCUT2D eigenvalue weighted by molar-refractivity contribution is -0.274. The van der Waals surface area contributed by atoms with Gasteiger partial charge in [-0.3, -0.25) is 0 Å². The van der Waals surface area contributed by atoms with E-state index in [0.717, 1.165) is 5.56 Å². The Morgan fingerprint density at radius 3 is 2.41 bits per heavy atom. The van der Waals surface area contributed by atoms with Gasteiger partial charge in [-0.1, -0.05) is 24.3 Å². The van der Waals surface area contributed by atoms with Crippen LogP contribution in [0.1, 0.15) is 18.4 Å². The number of nitrogens with zero attached hydrogens (tertiary/aromatic N) is 1. The highest BCUT2D eigenvalue weighted by atomic mass is 19.4. The van der Waals surface area contributed by atoms with Crippen molar-refractivity contribution in [2.24, 2.45) is 0 Å². The summed E-state index contributed by atoms with van der Waals surface area (Å²) in [5.74, 6) is -0.331. The molecular weight excluding hydrogens is 372 g/mol. The van der Waals surface area contributed by atoms with Crippen LogP contribution in [0.2, 0.25) is 0 Å². The predicted molar refractivity (Wildman–Crippen MR) is 89.8 cm³/mol. The van der Waals surface area contributed by atoms with Gasteiger partial charge >= 0.3 is 12.5 Å². The molecule has 0 aliphatic carbocycles. The fraction of sp³-hybridized carbons (Fsp3) is 0.368. The molecule has 0 atom stereocenters. The number of fused-ring (bicyclic) bond motifs is 1. The van der Waals surface area contributed by atoms with Crippen LogP contribution in [0.3, 0.4) is 0 Å². The molecule has 0 saturated carbocycles. The van der Waals surface area contributed by atoms with Gasteiger partial charge in [0.25, 0.3) is 0 Å². The zero-order valence-electron chi connectivity index (χ0n) is 14.2. The number of hydrogen-bond donors (Lipinski definition) is 0. The highest BCUT2D eigenvalue weighted by Gasteiger charge is 2.31. The normalized spacial score (nSPS) is 14.8. The fourth-order valence-corrected chi connectivity index (χ4v) is 3.33. The Hall–Kier alpha value is -2.38. The largest absolute Gasteiger partial charge is 0.573 e. The molecule has 0 radical (unpaired) electrons. The Labute approximate surface area is 152 Å². The molecule has 0 bridgehead atoms. The Bertz CT molecular complexity index is 800. The zero-order valence-corrected chi connectivity index (χ0v) is 14.2. The van der Waals surface area contributed by atoms with Crippen molar-refractivity contribution in [2.45, 2.75) is 31.8 Å². The second kappa shape index (κ2) is 7.32. The number of anilines is 1. The lowest BCUT2D eigenvalue weighted by atomic mass is 9.92. The predicted octanol–water partition coefficient (Wildman–Crippen LogP) is 5.96. The minimum atomic E-state index is -4.79. The lowest BCUT2D eigenvalue weighted by Gasteiger charge is -2.33. The number of alkyl halides is 6. The van der Waals surface area contributed by atoms with E-state index in [1.807, 2.05) is 0 Å². The quantitative estimate of drug-likeness (QED) is 0.599. The Morgan fingerprint density at radius 1 is 0.963 bits per heavy atom. The van der Waals surface area contributed by atoms with E-state index in [9.17, 15) is 26.3 Å². The Morgan fingerprint density at radius 2 is 1.70 bits per heavy atom. The first-order chi connectivity index (χ1) is 12.6. The van der Waals surface area contributed by atoms with Gasteiger partial charge in [-0.2, -0.15) is 13.2 Å². The minimum Gasteiger partial charge on any atom is -0.406 e. The molecule has 0 unspecified atom stereocenters. The molecule has 0 amide bonds. The van der Waals surface area contributed by atoms with Gasteiger partial charge in [0.15, 0.2) is 0 Å². The van der Waals surface area contributed by atoms with E-state index in [-0.39, 0.29) is 12.3 Å². The highest BCUT2D eigenvalue weighted by Crippen LogP contribution is 2.37. The lowest BCUT2D eigenvalue weighted by Crippen LogP contribution is -2.32. The molecule has 146 valence electrons. The molecule has 2 aromatic rings. The third kappa shape index (κ3) is 5.08. The molecule has 2 nitrogen and oxygen atoms in total. The monoisotopic (exact) mass is 389 g/mol. The van der Waals surface area contributed by atoms with Crippen molar-refractivity contribution in [1.29, 1.82) is 0 Å². The van der Waals surface area contributed by atoms with Crippen LogP contribution in [0.25, 0.3) is 11.1 Å². The third-order valence-corrected chi connectivity index (χ3v) is 4.39. The summed E-state index contributed by atoms with van der Waals surface area (Å²) in [6, 6.07) is 10.8. The van der Waals surface area contributed by atoms with Gasteiger partial charge in [0.2, 0.25) is 0 Å². The van der Waals surface area contributed by atoms with Crippen LogP contribution >= 0.6 is 0 Å². The second-order valence-corrected chi connectivity index (χ2v) is 6.33. The van der Waals surface area contributed by atoms with Crippen LogP contribution in [0.5, 0.6) is 5.75 Å². The molecule has 27 heavy (non-hydrogen) atoms. The van der Waals surface area contributed by atoms with Gasteiger partial charge < -0.3 is 9.64 Å². The number of ether oxygens (including phenoxy) is 1. The van der Waals surface area contributed by atoms with E-state index >= 15 is 0 Å². The van der Waals surface area contributed by atoms with Gasteiger partial charge in [0.1, 0.15) is 5.75 Å². The van der Waals surface area contributed by atoms with Crippen molar-refractivity contribution in [3.8, 4) is 16.9 Å².